The highest BCUT2D eigenvalue weighted by Gasteiger charge is 2.21. The predicted octanol–water partition coefficient (Wildman–Crippen LogP) is 0.619. The second-order valence-electron chi connectivity index (χ2n) is 3.11. The summed E-state index contributed by atoms with van der Waals surface area (Å²) in [5.74, 6) is 0. The standard InChI is InChI=1S/C8H14N2O/c1-7-5-10(4-3-9)6-8(2)11-7/h7-8H,4-6H2,1-2H3/t7-,8-/m1/s1. The van der Waals surface area contributed by atoms with Gasteiger partial charge in [-0.2, -0.15) is 5.26 Å². The summed E-state index contributed by atoms with van der Waals surface area (Å²) in [6, 6.07) is 2.15. The van der Waals surface area contributed by atoms with Gasteiger partial charge in [0.1, 0.15) is 0 Å². The van der Waals surface area contributed by atoms with Crippen molar-refractivity contribution >= 4 is 0 Å². The molecule has 2 atom stereocenters. The van der Waals surface area contributed by atoms with E-state index in [-0.39, 0.29) is 12.2 Å². The van der Waals surface area contributed by atoms with Crippen molar-refractivity contribution in [1.82, 2.24) is 4.90 Å². The average Bonchev–Trinajstić information content (AvgIpc) is 1.85. The molecule has 0 aliphatic carbocycles. The van der Waals surface area contributed by atoms with E-state index in [1.165, 1.54) is 0 Å². The summed E-state index contributed by atoms with van der Waals surface area (Å²) in [5, 5.41) is 8.46. The molecule has 3 heteroatoms. The van der Waals surface area contributed by atoms with Gasteiger partial charge >= 0.3 is 0 Å². The van der Waals surface area contributed by atoms with Crippen LogP contribution in [0.3, 0.4) is 0 Å². The molecule has 0 amide bonds. The van der Waals surface area contributed by atoms with Gasteiger partial charge in [-0.05, 0) is 13.8 Å². The maximum absolute atomic E-state index is 8.46. The summed E-state index contributed by atoms with van der Waals surface area (Å²) in [4.78, 5) is 2.12. The van der Waals surface area contributed by atoms with Crippen LogP contribution in [0.2, 0.25) is 0 Å². The highest BCUT2D eigenvalue weighted by molar-refractivity contribution is 4.81. The van der Waals surface area contributed by atoms with Gasteiger partial charge in [-0.3, -0.25) is 4.90 Å². The fourth-order valence-electron chi connectivity index (χ4n) is 1.51. The zero-order valence-corrected chi connectivity index (χ0v) is 7.08. The number of nitrogens with zero attached hydrogens (tertiary/aromatic N) is 2. The van der Waals surface area contributed by atoms with Crippen LogP contribution in [0.15, 0.2) is 0 Å². The Balaban J connectivity index is 2.38. The van der Waals surface area contributed by atoms with Crippen LogP contribution in [0.5, 0.6) is 0 Å². The first-order valence-corrected chi connectivity index (χ1v) is 3.97. The first-order valence-electron chi connectivity index (χ1n) is 3.97. The molecular weight excluding hydrogens is 140 g/mol. The molecule has 0 bridgehead atoms. The van der Waals surface area contributed by atoms with Gasteiger partial charge in [-0.15, -0.1) is 0 Å². The first-order chi connectivity index (χ1) is 5.22. The summed E-state index contributed by atoms with van der Waals surface area (Å²) in [5.41, 5.74) is 0. The minimum absolute atomic E-state index is 0.270. The van der Waals surface area contributed by atoms with Crippen molar-refractivity contribution in [2.45, 2.75) is 26.1 Å². The largest absolute Gasteiger partial charge is 0.373 e. The Kier molecular flexibility index (Phi) is 2.86. The van der Waals surface area contributed by atoms with Gasteiger partial charge in [0.15, 0.2) is 0 Å². The van der Waals surface area contributed by atoms with Gasteiger partial charge in [-0.1, -0.05) is 0 Å². The van der Waals surface area contributed by atoms with Crippen molar-refractivity contribution in [1.29, 1.82) is 5.26 Å². The third kappa shape index (κ3) is 2.49. The molecule has 0 N–H and O–H groups in total. The quantitative estimate of drug-likeness (QED) is 0.519. The number of hydrogen-bond donors (Lipinski definition) is 0. The normalized spacial score (nSPS) is 33.2. The minimum atomic E-state index is 0.270. The molecule has 1 fully saturated rings. The van der Waals surface area contributed by atoms with Gasteiger partial charge in [0.2, 0.25) is 0 Å². The number of ether oxygens (including phenoxy) is 1. The van der Waals surface area contributed by atoms with E-state index in [9.17, 15) is 0 Å². The van der Waals surface area contributed by atoms with Gasteiger partial charge < -0.3 is 4.74 Å². The van der Waals surface area contributed by atoms with E-state index in [2.05, 4.69) is 11.0 Å². The molecule has 0 unspecified atom stereocenters. The second kappa shape index (κ2) is 3.70. The zero-order chi connectivity index (χ0) is 8.27. The van der Waals surface area contributed by atoms with Crippen molar-refractivity contribution in [3.8, 4) is 6.07 Å². The molecule has 0 spiro atoms. The second-order valence-corrected chi connectivity index (χ2v) is 3.11. The minimum Gasteiger partial charge on any atom is -0.373 e. The highest BCUT2D eigenvalue weighted by Crippen LogP contribution is 2.09. The molecule has 11 heavy (non-hydrogen) atoms. The predicted molar refractivity (Wildman–Crippen MR) is 42.1 cm³/mol. The lowest BCUT2D eigenvalue weighted by Crippen LogP contribution is -2.45. The summed E-state index contributed by atoms with van der Waals surface area (Å²) in [6.45, 7) is 6.38. The lowest BCUT2D eigenvalue weighted by molar-refractivity contribution is -0.0641. The molecule has 62 valence electrons. The van der Waals surface area contributed by atoms with Crippen LogP contribution in [0.1, 0.15) is 13.8 Å². The first kappa shape index (κ1) is 8.51. The average molecular weight is 154 g/mol. The molecule has 0 saturated carbocycles. The molecule has 3 nitrogen and oxygen atoms in total. The van der Waals surface area contributed by atoms with Crippen LogP contribution in [0.4, 0.5) is 0 Å². The summed E-state index contributed by atoms with van der Waals surface area (Å²) in [6.07, 6.45) is 0.541. The zero-order valence-electron chi connectivity index (χ0n) is 7.08. The fraction of sp³-hybridized carbons (Fsp3) is 0.875. The van der Waals surface area contributed by atoms with Crippen LogP contribution in [0.25, 0.3) is 0 Å². The summed E-state index contributed by atoms with van der Waals surface area (Å²) >= 11 is 0. The number of rotatable bonds is 1. The van der Waals surface area contributed by atoms with E-state index >= 15 is 0 Å². The van der Waals surface area contributed by atoms with Crippen molar-refractivity contribution < 1.29 is 4.74 Å². The van der Waals surface area contributed by atoms with E-state index in [1.54, 1.807) is 0 Å². The van der Waals surface area contributed by atoms with Crippen LogP contribution >= 0.6 is 0 Å². The van der Waals surface area contributed by atoms with Gasteiger partial charge in [-0.25, -0.2) is 0 Å². The van der Waals surface area contributed by atoms with Gasteiger partial charge in [0.25, 0.3) is 0 Å². The number of hydrogen-bond acceptors (Lipinski definition) is 3. The molecule has 0 aromatic rings. The molecule has 1 aliphatic heterocycles. The Morgan fingerprint density at radius 3 is 2.45 bits per heavy atom. The van der Waals surface area contributed by atoms with E-state index in [0.29, 0.717) is 6.54 Å². The Bertz CT molecular complexity index is 154. The van der Waals surface area contributed by atoms with Crippen LogP contribution in [-0.4, -0.2) is 36.7 Å². The fourth-order valence-corrected chi connectivity index (χ4v) is 1.51. The Morgan fingerprint density at radius 2 is 2.00 bits per heavy atom. The molecule has 0 aromatic carbocycles. The Labute approximate surface area is 67.6 Å². The van der Waals surface area contributed by atoms with Crippen molar-refractivity contribution in [3.63, 3.8) is 0 Å². The van der Waals surface area contributed by atoms with Crippen LogP contribution in [-0.2, 0) is 4.74 Å². The third-order valence-corrected chi connectivity index (χ3v) is 1.79. The molecule has 1 rings (SSSR count). The van der Waals surface area contributed by atoms with Crippen molar-refractivity contribution in [2.24, 2.45) is 0 Å². The lowest BCUT2D eigenvalue weighted by atomic mass is 10.2. The van der Waals surface area contributed by atoms with E-state index in [1.807, 2.05) is 13.8 Å². The maximum atomic E-state index is 8.46. The Hall–Kier alpha value is -0.590. The highest BCUT2D eigenvalue weighted by atomic mass is 16.5. The maximum Gasteiger partial charge on any atom is 0.0867 e. The number of nitriles is 1. The Morgan fingerprint density at radius 1 is 1.45 bits per heavy atom. The van der Waals surface area contributed by atoms with Gasteiger partial charge in [0.05, 0.1) is 24.8 Å². The number of morpholine rings is 1. The topological polar surface area (TPSA) is 36.3 Å². The monoisotopic (exact) mass is 154 g/mol. The molecular formula is C8H14N2O. The molecule has 1 aliphatic rings. The SMILES string of the molecule is C[C@@H]1CN(CC#N)C[C@@H](C)O1. The van der Waals surface area contributed by atoms with Crippen LogP contribution in [0, 0.1) is 11.3 Å². The summed E-state index contributed by atoms with van der Waals surface area (Å²) < 4.78 is 5.51. The summed E-state index contributed by atoms with van der Waals surface area (Å²) in [7, 11) is 0. The van der Waals surface area contributed by atoms with E-state index < -0.39 is 0 Å². The smallest absolute Gasteiger partial charge is 0.0867 e. The van der Waals surface area contributed by atoms with Crippen molar-refractivity contribution in [3.05, 3.63) is 0 Å². The molecule has 0 radical (unpaired) electrons. The molecule has 0 aromatic heterocycles. The molecule has 1 saturated heterocycles. The lowest BCUT2D eigenvalue weighted by Gasteiger charge is -2.33. The van der Waals surface area contributed by atoms with E-state index in [4.69, 9.17) is 10.00 Å². The third-order valence-electron chi connectivity index (χ3n) is 1.79. The van der Waals surface area contributed by atoms with Gasteiger partial charge in [0, 0.05) is 13.1 Å². The van der Waals surface area contributed by atoms with E-state index in [0.717, 1.165) is 13.1 Å². The van der Waals surface area contributed by atoms with Crippen molar-refractivity contribution in [2.75, 3.05) is 19.6 Å². The molecule has 1 heterocycles. The van der Waals surface area contributed by atoms with Crippen LogP contribution < -0.4 is 0 Å².